The molecule has 1 unspecified atom stereocenters. The Balaban J connectivity index is 1.81. The molecule has 1 aliphatic rings. The minimum absolute atomic E-state index is 0.182. The highest BCUT2D eigenvalue weighted by Gasteiger charge is 2.40. The van der Waals surface area contributed by atoms with E-state index >= 15 is 0 Å². The highest BCUT2D eigenvalue weighted by atomic mass is 35.5. The first-order valence-electron chi connectivity index (χ1n) is 7.09. The lowest BCUT2D eigenvalue weighted by molar-refractivity contribution is -0.122. The number of carbonyl (C=O) groups excluding carboxylic acids is 2. The maximum absolute atomic E-state index is 12.5. The van der Waals surface area contributed by atoms with E-state index < -0.39 is 0 Å². The third-order valence-electron chi connectivity index (χ3n) is 3.74. The van der Waals surface area contributed by atoms with E-state index in [0.717, 1.165) is 11.3 Å². The first-order valence-corrected chi connectivity index (χ1v) is 7.47. The van der Waals surface area contributed by atoms with Gasteiger partial charge in [-0.15, -0.1) is 0 Å². The molecule has 1 saturated heterocycles. The van der Waals surface area contributed by atoms with Gasteiger partial charge in [0.05, 0.1) is 5.92 Å². The minimum Gasteiger partial charge on any atom is -0.274 e. The molecule has 2 heterocycles. The Morgan fingerprint density at radius 3 is 2.59 bits per heavy atom. The Kier molecular flexibility index (Phi) is 3.94. The van der Waals surface area contributed by atoms with E-state index in [9.17, 15) is 9.59 Å². The van der Waals surface area contributed by atoms with Crippen molar-refractivity contribution in [3.8, 4) is 0 Å². The molecule has 4 nitrogen and oxygen atoms in total. The van der Waals surface area contributed by atoms with Gasteiger partial charge in [-0.25, -0.2) is 9.88 Å². The van der Waals surface area contributed by atoms with Crippen LogP contribution in [0, 0.1) is 12.8 Å². The van der Waals surface area contributed by atoms with E-state index in [4.69, 9.17) is 11.6 Å². The summed E-state index contributed by atoms with van der Waals surface area (Å²) in [7, 11) is 0. The van der Waals surface area contributed by atoms with E-state index in [1.807, 2.05) is 25.1 Å². The van der Waals surface area contributed by atoms with Crippen LogP contribution in [0.4, 0.5) is 5.82 Å². The number of imide groups is 1. The molecular weight excluding hydrogens is 300 g/mol. The van der Waals surface area contributed by atoms with Gasteiger partial charge in [-0.05, 0) is 43.2 Å². The molecule has 0 saturated carbocycles. The normalized spacial score (nSPS) is 18.1. The Morgan fingerprint density at radius 2 is 1.91 bits per heavy atom. The summed E-state index contributed by atoms with van der Waals surface area (Å²) < 4.78 is 0. The van der Waals surface area contributed by atoms with Crippen molar-refractivity contribution in [2.45, 2.75) is 19.8 Å². The lowest BCUT2D eigenvalue weighted by Gasteiger charge is -2.14. The zero-order valence-electron chi connectivity index (χ0n) is 12.1. The molecule has 112 valence electrons. The molecule has 2 aromatic rings. The van der Waals surface area contributed by atoms with Crippen molar-refractivity contribution < 1.29 is 9.59 Å². The Bertz CT molecular complexity index is 728. The lowest BCUT2D eigenvalue weighted by Crippen LogP contribution is -2.31. The molecule has 1 aliphatic heterocycles. The van der Waals surface area contributed by atoms with E-state index in [-0.39, 0.29) is 24.2 Å². The van der Waals surface area contributed by atoms with Crippen molar-refractivity contribution in [2.75, 3.05) is 4.90 Å². The standard InChI is InChI=1S/C17H15ClN2O2/c1-11-3-2-4-15(19-11)20-16(21)10-13(17(20)22)9-12-5-7-14(18)8-6-12/h2-8,13H,9-10H2,1H3. The monoisotopic (exact) mass is 314 g/mol. The Morgan fingerprint density at radius 1 is 1.18 bits per heavy atom. The molecule has 0 radical (unpaired) electrons. The maximum Gasteiger partial charge on any atom is 0.238 e. The molecule has 1 aromatic heterocycles. The number of rotatable bonds is 3. The molecule has 0 N–H and O–H groups in total. The number of halogens is 1. The number of carbonyl (C=O) groups is 2. The fourth-order valence-electron chi connectivity index (χ4n) is 2.65. The number of hydrogen-bond donors (Lipinski definition) is 0. The highest BCUT2D eigenvalue weighted by Crippen LogP contribution is 2.28. The van der Waals surface area contributed by atoms with Gasteiger partial charge >= 0.3 is 0 Å². The van der Waals surface area contributed by atoms with Crippen molar-refractivity contribution in [2.24, 2.45) is 5.92 Å². The smallest absolute Gasteiger partial charge is 0.238 e. The first kappa shape index (κ1) is 14.7. The average molecular weight is 315 g/mol. The van der Waals surface area contributed by atoms with Crippen LogP contribution in [0.2, 0.25) is 5.02 Å². The SMILES string of the molecule is Cc1cccc(N2C(=O)CC(Cc3ccc(Cl)cc3)C2=O)n1. The first-order chi connectivity index (χ1) is 10.5. The molecule has 3 rings (SSSR count). The zero-order chi connectivity index (χ0) is 15.7. The fourth-order valence-corrected chi connectivity index (χ4v) is 2.78. The van der Waals surface area contributed by atoms with Crippen LogP contribution in [0.15, 0.2) is 42.5 Å². The van der Waals surface area contributed by atoms with Crippen LogP contribution in [0.5, 0.6) is 0 Å². The second-order valence-electron chi connectivity index (χ2n) is 5.44. The zero-order valence-corrected chi connectivity index (χ0v) is 12.9. The van der Waals surface area contributed by atoms with Gasteiger partial charge in [0.2, 0.25) is 11.8 Å². The van der Waals surface area contributed by atoms with E-state index in [1.165, 1.54) is 4.90 Å². The van der Waals surface area contributed by atoms with Gasteiger partial charge in [-0.2, -0.15) is 0 Å². The largest absolute Gasteiger partial charge is 0.274 e. The van der Waals surface area contributed by atoms with Gasteiger partial charge in [0.1, 0.15) is 5.82 Å². The number of pyridine rings is 1. The summed E-state index contributed by atoms with van der Waals surface area (Å²) in [6.45, 7) is 1.83. The van der Waals surface area contributed by atoms with Crippen LogP contribution in [-0.2, 0) is 16.0 Å². The van der Waals surface area contributed by atoms with Crippen molar-refractivity contribution >= 4 is 29.2 Å². The molecule has 0 aliphatic carbocycles. The summed E-state index contributed by atoms with van der Waals surface area (Å²) >= 11 is 5.86. The fraction of sp³-hybridized carbons (Fsp3) is 0.235. The number of amides is 2. The quantitative estimate of drug-likeness (QED) is 0.818. The van der Waals surface area contributed by atoms with Crippen LogP contribution in [0.25, 0.3) is 0 Å². The van der Waals surface area contributed by atoms with Gasteiger partial charge in [-0.1, -0.05) is 29.8 Å². The summed E-state index contributed by atoms with van der Waals surface area (Å²) in [5.41, 5.74) is 1.77. The highest BCUT2D eigenvalue weighted by molar-refractivity contribution is 6.30. The molecule has 1 atom stereocenters. The molecular formula is C17H15ClN2O2. The summed E-state index contributed by atoms with van der Waals surface area (Å²) in [4.78, 5) is 30.2. The van der Waals surface area contributed by atoms with Crippen molar-refractivity contribution in [3.63, 3.8) is 0 Å². The minimum atomic E-state index is -0.337. The van der Waals surface area contributed by atoms with Gasteiger partial charge < -0.3 is 0 Å². The molecule has 1 aromatic carbocycles. The topological polar surface area (TPSA) is 50.3 Å². The Hall–Kier alpha value is -2.20. The number of anilines is 1. The van der Waals surface area contributed by atoms with Gasteiger partial charge in [-0.3, -0.25) is 9.59 Å². The second kappa shape index (κ2) is 5.89. The van der Waals surface area contributed by atoms with Crippen molar-refractivity contribution in [1.82, 2.24) is 4.98 Å². The molecule has 22 heavy (non-hydrogen) atoms. The lowest BCUT2D eigenvalue weighted by atomic mass is 9.98. The molecule has 0 spiro atoms. The van der Waals surface area contributed by atoms with E-state index in [2.05, 4.69) is 4.98 Å². The van der Waals surface area contributed by atoms with Crippen LogP contribution in [0.1, 0.15) is 17.7 Å². The third-order valence-corrected chi connectivity index (χ3v) is 3.99. The van der Waals surface area contributed by atoms with Crippen LogP contribution in [0.3, 0.4) is 0 Å². The van der Waals surface area contributed by atoms with Crippen LogP contribution < -0.4 is 4.90 Å². The predicted octanol–water partition coefficient (Wildman–Crippen LogP) is 3.17. The average Bonchev–Trinajstić information content (AvgIpc) is 2.76. The summed E-state index contributed by atoms with van der Waals surface area (Å²) in [5.74, 6) is -0.301. The third kappa shape index (κ3) is 2.88. The Labute approximate surface area is 133 Å². The number of hydrogen-bond acceptors (Lipinski definition) is 3. The predicted molar refractivity (Wildman–Crippen MR) is 84.7 cm³/mol. The van der Waals surface area contributed by atoms with Crippen molar-refractivity contribution in [3.05, 3.63) is 58.7 Å². The number of aryl methyl sites for hydroxylation is 1. The summed E-state index contributed by atoms with van der Waals surface area (Å²) in [6, 6.07) is 12.7. The summed E-state index contributed by atoms with van der Waals surface area (Å²) in [5, 5.41) is 0.656. The maximum atomic E-state index is 12.5. The number of nitrogens with zero attached hydrogens (tertiary/aromatic N) is 2. The molecule has 1 fully saturated rings. The molecule has 5 heteroatoms. The van der Waals surface area contributed by atoms with E-state index in [0.29, 0.717) is 17.3 Å². The van der Waals surface area contributed by atoms with Crippen molar-refractivity contribution in [1.29, 1.82) is 0 Å². The van der Waals surface area contributed by atoms with Gasteiger partial charge in [0, 0.05) is 17.1 Å². The number of aromatic nitrogens is 1. The van der Waals surface area contributed by atoms with Crippen LogP contribution in [-0.4, -0.2) is 16.8 Å². The van der Waals surface area contributed by atoms with E-state index in [1.54, 1.807) is 24.3 Å². The number of benzene rings is 1. The van der Waals surface area contributed by atoms with Gasteiger partial charge in [0.15, 0.2) is 0 Å². The van der Waals surface area contributed by atoms with Gasteiger partial charge in [0.25, 0.3) is 0 Å². The molecule has 0 bridgehead atoms. The summed E-state index contributed by atoms with van der Waals surface area (Å²) in [6.07, 6.45) is 0.751. The van der Waals surface area contributed by atoms with Crippen LogP contribution >= 0.6 is 11.6 Å². The molecule has 2 amide bonds. The second-order valence-corrected chi connectivity index (χ2v) is 5.87.